The summed E-state index contributed by atoms with van der Waals surface area (Å²) in [6.07, 6.45) is 10.2. The van der Waals surface area contributed by atoms with Gasteiger partial charge in [-0.1, -0.05) is 36.3 Å². The first-order valence-corrected chi connectivity index (χ1v) is 13.1. The SMILES string of the molecule is CC(=O)C1=CC=CCC(=O)OC2CC3OC4C=C(C)CCC4(COC(=O)C=C(C)CCO1)C2(C)C31CO1. The summed E-state index contributed by atoms with van der Waals surface area (Å²) in [7, 11) is 0. The predicted octanol–water partition coefficient (Wildman–Crippen LogP) is 3.90. The Balaban J connectivity index is 1.51. The van der Waals surface area contributed by atoms with Gasteiger partial charge >= 0.3 is 11.9 Å². The molecule has 2 bridgehead atoms. The molecular weight excluding hydrogens is 476 g/mol. The fourth-order valence-corrected chi connectivity index (χ4v) is 6.76. The number of ether oxygens (including phenoxy) is 5. The monoisotopic (exact) mass is 512 g/mol. The molecule has 0 aromatic rings. The van der Waals surface area contributed by atoms with Gasteiger partial charge in [-0.3, -0.25) is 9.59 Å². The van der Waals surface area contributed by atoms with E-state index in [1.165, 1.54) is 18.6 Å². The second-order valence-electron chi connectivity index (χ2n) is 11.2. The van der Waals surface area contributed by atoms with Crippen molar-refractivity contribution in [2.24, 2.45) is 10.8 Å². The van der Waals surface area contributed by atoms with E-state index < -0.39 is 28.5 Å². The third-order valence-corrected chi connectivity index (χ3v) is 9.10. The van der Waals surface area contributed by atoms with E-state index in [9.17, 15) is 14.4 Å². The number of carbonyl (C=O) groups is 3. The molecule has 0 aromatic heterocycles. The predicted molar refractivity (Wildman–Crippen MR) is 133 cm³/mol. The molecule has 1 saturated carbocycles. The lowest BCUT2D eigenvalue weighted by molar-refractivity contribution is -0.232. The van der Waals surface area contributed by atoms with Crippen molar-refractivity contribution in [1.29, 1.82) is 0 Å². The first-order chi connectivity index (χ1) is 17.6. The van der Waals surface area contributed by atoms with Crippen LogP contribution in [0.4, 0.5) is 0 Å². The van der Waals surface area contributed by atoms with Crippen LogP contribution in [0.1, 0.15) is 59.8 Å². The van der Waals surface area contributed by atoms with Crippen LogP contribution < -0.4 is 0 Å². The maximum absolute atomic E-state index is 13.0. The summed E-state index contributed by atoms with van der Waals surface area (Å²) in [6.45, 7) is 8.39. The van der Waals surface area contributed by atoms with Gasteiger partial charge in [0.1, 0.15) is 18.3 Å². The molecular formula is C29H36O8. The third-order valence-electron chi connectivity index (χ3n) is 9.10. The summed E-state index contributed by atoms with van der Waals surface area (Å²) in [6, 6.07) is 0. The molecule has 0 aromatic carbocycles. The van der Waals surface area contributed by atoms with Gasteiger partial charge in [-0.25, -0.2) is 4.79 Å². The first-order valence-electron chi connectivity index (χ1n) is 13.1. The van der Waals surface area contributed by atoms with E-state index in [0.29, 0.717) is 19.4 Å². The Kier molecular flexibility index (Phi) is 6.69. The molecule has 2 spiro atoms. The van der Waals surface area contributed by atoms with Crippen molar-refractivity contribution in [3.8, 4) is 0 Å². The number of carbonyl (C=O) groups excluding carboxylic acids is 3. The minimum absolute atomic E-state index is 0.0555. The molecule has 6 unspecified atom stereocenters. The molecule has 8 nitrogen and oxygen atoms in total. The van der Waals surface area contributed by atoms with Gasteiger partial charge in [0.15, 0.2) is 11.5 Å². The highest BCUT2D eigenvalue weighted by Crippen LogP contribution is 2.72. The number of esters is 2. The van der Waals surface area contributed by atoms with Gasteiger partial charge in [-0.05, 0) is 32.8 Å². The number of allylic oxidation sites excluding steroid dienone is 4. The van der Waals surface area contributed by atoms with Gasteiger partial charge < -0.3 is 23.7 Å². The quantitative estimate of drug-likeness (QED) is 0.296. The van der Waals surface area contributed by atoms with Gasteiger partial charge in [-0.15, -0.1) is 0 Å². The van der Waals surface area contributed by atoms with Crippen molar-refractivity contribution in [3.63, 3.8) is 0 Å². The topological polar surface area (TPSA) is 101 Å². The zero-order chi connectivity index (χ0) is 26.4. The summed E-state index contributed by atoms with van der Waals surface area (Å²) in [5.74, 6) is -0.835. The van der Waals surface area contributed by atoms with Crippen LogP contribution in [0.2, 0.25) is 0 Å². The van der Waals surface area contributed by atoms with Gasteiger partial charge in [0, 0.05) is 31.3 Å². The highest BCUT2D eigenvalue weighted by Gasteiger charge is 2.83. The number of ketones is 1. The molecule has 5 aliphatic rings. The first kappa shape index (κ1) is 25.9. The molecule has 5 rings (SSSR count). The molecule has 0 amide bonds. The van der Waals surface area contributed by atoms with E-state index in [0.717, 1.165) is 18.4 Å². The Bertz CT molecular complexity index is 1110. The average Bonchev–Trinajstić information content (AvgIpc) is 3.61. The van der Waals surface area contributed by atoms with E-state index in [-0.39, 0.29) is 49.4 Å². The highest BCUT2D eigenvalue weighted by atomic mass is 16.6. The molecule has 0 N–H and O–H groups in total. The largest absolute Gasteiger partial charge is 0.490 e. The number of hydrogen-bond donors (Lipinski definition) is 0. The Morgan fingerprint density at radius 1 is 1.05 bits per heavy atom. The molecule has 2 aliphatic carbocycles. The molecule has 0 radical (unpaired) electrons. The fourth-order valence-electron chi connectivity index (χ4n) is 6.76. The van der Waals surface area contributed by atoms with E-state index in [1.807, 2.05) is 6.92 Å². The van der Waals surface area contributed by atoms with Gasteiger partial charge in [0.25, 0.3) is 0 Å². The summed E-state index contributed by atoms with van der Waals surface area (Å²) in [4.78, 5) is 37.8. The van der Waals surface area contributed by atoms with Crippen LogP contribution in [0.3, 0.4) is 0 Å². The number of cyclic esters (lactones) is 1. The number of epoxide rings is 1. The van der Waals surface area contributed by atoms with Crippen molar-refractivity contribution < 1.29 is 38.1 Å². The fraction of sp³-hybridized carbons (Fsp3) is 0.621. The van der Waals surface area contributed by atoms with Crippen LogP contribution >= 0.6 is 0 Å². The minimum atomic E-state index is -0.595. The lowest BCUT2D eigenvalue weighted by Crippen LogP contribution is -2.66. The van der Waals surface area contributed by atoms with Gasteiger partial charge in [0.05, 0.1) is 37.3 Å². The molecule has 2 saturated heterocycles. The molecule has 8 heteroatoms. The summed E-state index contributed by atoms with van der Waals surface area (Å²) in [5, 5.41) is 0. The lowest BCUT2D eigenvalue weighted by Gasteiger charge is -2.58. The second-order valence-corrected chi connectivity index (χ2v) is 11.2. The Labute approximate surface area is 217 Å². The highest BCUT2D eigenvalue weighted by molar-refractivity contribution is 5.91. The summed E-state index contributed by atoms with van der Waals surface area (Å²) >= 11 is 0. The van der Waals surface area contributed by atoms with Crippen molar-refractivity contribution in [1.82, 2.24) is 0 Å². The van der Waals surface area contributed by atoms with Gasteiger partial charge in [0.2, 0.25) is 0 Å². The third kappa shape index (κ3) is 4.28. The molecule has 3 fully saturated rings. The van der Waals surface area contributed by atoms with Crippen LogP contribution in [0.15, 0.2) is 47.3 Å². The van der Waals surface area contributed by atoms with Crippen LogP contribution in [0.25, 0.3) is 0 Å². The normalized spacial score (nSPS) is 40.1. The molecule has 200 valence electrons. The van der Waals surface area contributed by atoms with E-state index in [2.05, 4.69) is 19.9 Å². The van der Waals surface area contributed by atoms with Crippen molar-refractivity contribution >= 4 is 17.7 Å². The smallest absolute Gasteiger partial charge is 0.330 e. The maximum atomic E-state index is 13.0. The molecule has 37 heavy (non-hydrogen) atoms. The van der Waals surface area contributed by atoms with Gasteiger partial charge in [-0.2, -0.15) is 0 Å². The average molecular weight is 513 g/mol. The van der Waals surface area contributed by atoms with E-state index >= 15 is 0 Å². The zero-order valence-electron chi connectivity index (χ0n) is 22.0. The van der Waals surface area contributed by atoms with Crippen molar-refractivity contribution in [3.05, 3.63) is 47.3 Å². The maximum Gasteiger partial charge on any atom is 0.330 e. The van der Waals surface area contributed by atoms with Crippen LogP contribution in [-0.2, 0) is 38.1 Å². The number of rotatable bonds is 1. The Morgan fingerprint density at radius 2 is 1.84 bits per heavy atom. The van der Waals surface area contributed by atoms with Crippen LogP contribution in [-0.4, -0.2) is 61.5 Å². The van der Waals surface area contributed by atoms with Crippen molar-refractivity contribution in [2.75, 3.05) is 19.8 Å². The van der Waals surface area contributed by atoms with Crippen molar-refractivity contribution in [2.45, 2.75) is 83.7 Å². The molecule has 3 heterocycles. The van der Waals surface area contributed by atoms with Crippen LogP contribution in [0.5, 0.6) is 0 Å². The number of hydrogen-bond acceptors (Lipinski definition) is 8. The second kappa shape index (κ2) is 9.55. The number of Topliss-reactive ketones (excluding diaryl/α,β-unsaturated/α-hetero) is 1. The van der Waals surface area contributed by atoms with E-state index in [1.54, 1.807) is 18.2 Å². The molecule has 6 atom stereocenters. The molecule has 3 aliphatic heterocycles. The Hall–Kier alpha value is -2.71. The standard InChI is InChI=1S/C29H36O8/c1-18-9-11-28-16-34-26(32)14-19(2)10-12-33-21(20(3)30)7-5-6-8-25(31)37-22-15-24(36-23(28)13-18)29(17-35-29)27(22,28)4/h5-7,13-14,22-24H,8-12,15-17H2,1-4H3. The Morgan fingerprint density at radius 3 is 2.57 bits per heavy atom. The zero-order valence-corrected chi connectivity index (χ0v) is 22.0. The summed E-state index contributed by atoms with van der Waals surface area (Å²) in [5.41, 5.74) is 0.286. The van der Waals surface area contributed by atoms with Crippen LogP contribution in [0, 0.1) is 10.8 Å². The summed E-state index contributed by atoms with van der Waals surface area (Å²) < 4.78 is 30.4. The minimum Gasteiger partial charge on any atom is -0.490 e. The van der Waals surface area contributed by atoms with E-state index in [4.69, 9.17) is 23.7 Å². The lowest BCUT2D eigenvalue weighted by atomic mass is 9.51.